The molecule has 1 aliphatic rings. The van der Waals surface area contributed by atoms with Crippen LogP contribution in [0.3, 0.4) is 0 Å². The van der Waals surface area contributed by atoms with Gasteiger partial charge in [-0.15, -0.1) is 0 Å². The number of rotatable bonds is 2. The van der Waals surface area contributed by atoms with Gasteiger partial charge in [0, 0.05) is 16.5 Å². The summed E-state index contributed by atoms with van der Waals surface area (Å²) in [6.45, 7) is 1.64. The lowest BCUT2D eigenvalue weighted by Crippen LogP contribution is -2.43. The summed E-state index contributed by atoms with van der Waals surface area (Å²) in [7, 11) is 0. The molecule has 0 saturated heterocycles. The van der Waals surface area contributed by atoms with Gasteiger partial charge in [-0.2, -0.15) is 39.5 Å². The molecule has 31 heavy (non-hydrogen) atoms. The Balaban J connectivity index is 2.16. The van der Waals surface area contributed by atoms with E-state index in [1.165, 1.54) is 18.2 Å². The highest BCUT2D eigenvalue weighted by atomic mass is 79.9. The lowest BCUT2D eigenvalue weighted by atomic mass is 9.84. The molecule has 0 radical (unpaired) electrons. The summed E-state index contributed by atoms with van der Waals surface area (Å²) in [4.78, 5) is 4.58. The standard InChI is InChI=1S/C19H11BrF9NO/c1-9-4-10(2-3-14(9)20)15-8-16(31-30-15,19(27,28)29)11-5-12(17(21,22)23)7-13(6-11)18(24,25)26/h2-7H,8H2,1H3. The monoisotopic (exact) mass is 519 g/mol. The van der Waals surface area contributed by atoms with Crippen molar-refractivity contribution in [2.75, 3.05) is 0 Å². The highest BCUT2D eigenvalue weighted by Gasteiger charge is 2.63. The molecule has 0 bridgehead atoms. The summed E-state index contributed by atoms with van der Waals surface area (Å²) >= 11 is 3.22. The number of oxime groups is 1. The van der Waals surface area contributed by atoms with Crippen molar-refractivity contribution in [3.05, 3.63) is 68.7 Å². The highest BCUT2D eigenvalue weighted by molar-refractivity contribution is 9.10. The van der Waals surface area contributed by atoms with Crippen LogP contribution in [0.4, 0.5) is 39.5 Å². The van der Waals surface area contributed by atoms with Crippen LogP contribution in [0, 0.1) is 6.92 Å². The molecule has 1 heterocycles. The maximum absolute atomic E-state index is 14.0. The molecule has 0 N–H and O–H groups in total. The van der Waals surface area contributed by atoms with Crippen molar-refractivity contribution in [1.82, 2.24) is 0 Å². The minimum Gasteiger partial charge on any atom is -0.374 e. The molecule has 2 aromatic rings. The fourth-order valence-electron chi connectivity index (χ4n) is 3.07. The smallest absolute Gasteiger partial charge is 0.374 e. The first-order valence-corrected chi connectivity index (χ1v) is 9.22. The average Bonchev–Trinajstić information content (AvgIpc) is 3.09. The zero-order valence-corrected chi connectivity index (χ0v) is 16.9. The van der Waals surface area contributed by atoms with Gasteiger partial charge in [-0.3, -0.25) is 0 Å². The van der Waals surface area contributed by atoms with Crippen molar-refractivity contribution >= 4 is 21.6 Å². The first-order chi connectivity index (χ1) is 14.0. The molecule has 1 unspecified atom stereocenters. The molecule has 0 spiro atoms. The fourth-order valence-corrected chi connectivity index (χ4v) is 3.32. The predicted molar refractivity (Wildman–Crippen MR) is 95.3 cm³/mol. The van der Waals surface area contributed by atoms with Crippen molar-refractivity contribution in [1.29, 1.82) is 0 Å². The molecule has 1 aliphatic heterocycles. The van der Waals surface area contributed by atoms with Crippen molar-refractivity contribution in [2.24, 2.45) is 5.16 Å². The van der Waals surface area contributed by atoms with Gasteiger partial charge in [-0.25, -0.2) is 0 Å². The van der Waals surface area contributed by atoms with Gasteiger partial charge in [0.1, 0.15) is 0 Å². The summed E-state index contributed by atoms with van der Waals surface area (Å²) in [6, 6.07) is 4.16. The van der Waals surface area contributed by atoms with E-state index in [-0.39, 0.29) is 29.5 Å². The van der Waals surface area contributed by atoms with Crippen molar-refractivity contribution in [3.63, 3.8) is 0 Å². The second-order valence-electron chi connectivity index (χ2n) is 6.89. The van der Waals surface area contributed by atoms with Crippen molar-refractivity contribution < 1.29 is 44.4 Å². The number of aryl methyl sites for hydroxylation is 1. The van der Waals surface area contributed by atoms with Gasteiger partial charge in [0.15, 0.2) is 0 Å². The SMILES string of the molecule is Cc1cc(C2=NOC(c3cc(C(F)(F)F)cc(C(F)(F)F)c3)(C(F)(F)F)C2)ccc1Br. The Morgan fingerprint density at radius 3 is 1.87 bits per heavy atom. The third kappa shape index (κ3) is 4.39. The summed E-state index contributed by atoms with van der Waals surface area (Å²) in [6.07, 6.45) is -17.1. The topological polar surface area (TPSA) is 21.6 Å². The lowest BCUT2D eigenvalue weighted by molar-refractivity contribution is -0.276. The summed E-state index contributed by atoms with van der Waals surface area (Å²) in [5.41, 5.74) is -8.05. The molecule has 12 heteroatoms. The molecule has 3 rings (SSSR count). The molecule has 2 nitrogen and oxygen atoms in total. The van der Waals surface area contributed by atoms with E-state index in [0.29, 0.717) is 10.0 Å². The molecular weight excluding hydrogens is 509 g/mol. The van der Waals surface area contributed by atoms with E-state index in [0.717, 1.165) is 0 Å². The molecule has 0 saturated carbocycles. The number of nitrogens with zero attached hydrogens (tertiary/aromatic N) is 1. The maximum Gasteiger partial charge on any atom is 0.435 e. The van der Waals surface area contributed by atoms with Crippen LogP contribution in [0.2, 0.25) is 0 Å². The molecule has 0 aromatic heterocycles. The number of alkyl halides is 9. The van der Waals surface area contributed by atoms with E-state index in [9.17, 15) is 39.5 Å². The first kappa shape index (κ1) is 23.4. The van der Waals surface area contributed by atoms with Crippen LogP contribution in [-0.4, -0.2) is 11.9 Å². The van der Waals surface area contributed by atoms with Crippen LogP contribution < -0.4 is 0 Å². The van der Waals surface area contributed by atoms with E-state index >= 15 is 0 Å². The number of hydrogen-bond donors (Lipinski definition) is 0. The quantitative estimate of drug-likeness (QED) is 0.379. The van der Waals surface area contributed by atoms with Crippen LogP contribution >= 0.6 is 15.9 Å². The summed E-state index contributed by atoms with van der Waals surface area (Å²) in [5.74, 6) is 0. The van der Waals surface area contributed by atoms with Crippen LogP contribution in [0.1, 0.15) is 34.2 Å². The molecule has 0 amide bonds. The van der Waals surface area contributed by atoms with Gasteiger partial charge in [-0.1, -0.05) is 27.2 Å². The third-order valence-corrected chi connectivity index (χ3v) is 5.62. The third-order valence-electron chi connectivity index (χ3n) is 4.73. The normalized spacial score (nSPS) is 19.9. The molecule has 168 valence electrons. The van der Waals surface area contributed by atoms with Crippen LogP contribution in [0.25, 0.3) is 0 Å². The Hall–Kier alpha value is -2.24. The van der Waals surface area contributed by atoms with E-state index in [2.05, 4.69) is 25.9 Å². The van der Waals surface area contributed by atoms with Gasteiger partial charge < -0.3 is 4.84 Å². The summed E-state index contributed by atoms with van der Waals surface area (Å²) < 4.78 is 122. The average molecular weight is 520 g/mol. The van der Waals surface area contributed by atoms with Crippen molar-refractivity contribution in [3.8, 4) is 0 Å². The van der Waals surface area contributed by atoms with E-state index in [4.69, 9.17) is 0 Å². The largest absolute Gasteiger partial charge is 0.435 e. The van der Waals surface area contributed by atoms with Gasteiger partial charge in [0.05, 0.1) is 16.8 Å². The second kappa shape index (κ2) is 7.42. The van der Waals surface area contributed by atoms with Crippen molar-refractivity contribution in [2.45, 2.75) is 37.5 Å². The predicted octanol–water partition coefficient (Wildman–Crippen LogP) is 7.38. The zero-order chi connectivity index (χ0) is 23.4. The number of halogens is 10. The van der Waals surface area contributed by atoms with Gasteiger partial charge in [0.2, 0.25) is 0 Å². The Labute approximate surface area is 177 Å². The van der Waals surface area contributed by atoms with Crippen LogP contribution in [0.15, 0.2) is 46.0 Å². The Kier molecular flexibility index (Phi) is 5.61. The van der Waals surface area contributed by atoms with Crippen LogP contribution in [-0.2, 0) is 22.8 Å². The van der Waals surface area contributed by atoms with Gasteiger partial charge in [0.25, 0.3) is 5.60 Å². The molecular formula is C19H11BrF9NO. The first-order valence-electron chi connectivity index (χ1n) is 8.43. The zero-order valence-electron chi connectivity index (χ0n) is 15.3. The lowest BCUT2D eigenvalue weighted by Gasteiger charge is -2.30. The van der Waals surface area contributed by atoms with E-state index < -0.39 is 47.2 Å². The summed E-state index contributed by atoms with van der Waals surface area (Å²) in [5, 5.41) is 3.38. The molecule has 0 fully saturated rings. The van der Waals surface area contributed by atoms with Gasteiger partial charge in [-0.05, 0) is 48.4 Å². The van der Waals surface area contributed by atoms with Crippen LogP contribution in [0.5, 0.6) is 0 Å². The van der Waals surface area contributed by atoms with E-state index in [1.807, 2.05) is 0 Å². The fraction of sp³-hybridized carbons (Fsp3) is 0.316. The Morgan fingerprint density at radius 2 is 1.42 bits per heavy atom. The maximum atomic E-state index is 14.0. The second-order valence-corrected chi connectivity index (χ2v) is 7.74. The Morgan fingerprint density at radius 1 is 0.871 bits per heavy atom. The highest BCUT2D eigenvalue weighted by Crippen LogP contribution is 2.50. The van der Waals surface area contributed by atoms with E-state index in [1.54, 1.807) is 6.92 Å². The number of benzene rings is 2. The molecule has 1 atom stereocenters. The minimum absolute atomic E-state index is 0.00796. The Bertz CT molecular complexity index is 1010. The minimum atomic E-state index is -5.37. The van der Waals surface area contributed by atoms with Gasteiger partial charge >= 0.3 is 18.5 Å². The number of hydrogen-bond acceptors (Lipinski definition) is 2. The molecule has 0 aliphatic carbocycles. The molecule has 2 aromatic carbocycles.